The fourth-order valence-corrected chi connectivity index (χ4v) is 8.36. The maximum absolute atomic E-state index is 14.2. The number of carbonyl (C=O) groups excluding carboxylic acids is 4. The highest BCUT2D eigenvalue weighted by atomic mass is 16.2. The van der Waals surface area contributed by atoms with E-state index in [2.05, 4.69) is 38.4 Å². The number of amides is 4. The summed E-state index contributed by atoms with van der Waals surface area (Å²) in [5.74, 6) is -0.307. The Kier molecular flexibility index (Phi) is 6.86. The topological polar surface area (TPSA) is 135 Å². The van der Waals surface area contributed by atoms with Crippen molar-refractivity contribution in [3.8, 4) is 0 Å². The molecule has 3 aromatic carbocycles. The zero-order valence-corrected chi connectivity index (χ0v) is 26.4. The van der Waals surface area contributed by atoms with E-state index in [0.29, 0.717) is 25.7 Å². The Labute approximate surface area is 272 Å². The number of fused-ring (bicyclic) bond motifs is 6. The smallest absolute Gasteiger partial charge is 0.247 e. The number of aromatic nitrogens is 1. The summed E-state index contributed by atoms with van der Waals surface area (Å²) in [7, 11) is 0. The molecular weight excluding hydrogens is 592 g/mol. The number of carbonyl (C=O) groups is 4. The van der Waals surface area contributed by atoms with Gasteiger partial charge in [0.25, 0.3) is 0 Å². The molecule has 4 amide bonds. The molecule has 4 aliphatic rings. The summed E-state index contributed by atoms with van der Waals surface area (Å²) < 4.78 is 0. The van der Waals surface area contributed by atoms with Gasteiger partial charge in [0.1, 0.15) is 30.3 Å². The van der Waals surface area contributed by atoms with Gasteiger partial charge < -0.3 is 31.2 Å². The summed E-state index contributed by atoms with van der Waals surface area (Å²) >= 11 is 0. The third-order valence-electron chi connectivity index (χ3n) is 10.4. The fourth-order valence-electron chi connectivity index (χ4n) is 8.36. The third kappa shape index (κ3) is 4.60. The minimum Gasteiger partial charge on any atom is -0.364 e. The van der Waals surface area contributed by atoms with Crippen LogP contribution in [0.4, 0.5) is 5.69 Å². The normalized spacial score (nSPS) is 28.0. The Hall–Kier alpha value is -5.12. The van der Waals surface area contributed by atoms with Crippen LogP contribution in [0.1, 0.15) is 48.9 Å². The molecular formula is C37H38N6O4. The van der Waals surface area contributed by atoms with E-state index in [1.165, 1.54) is 0 Å². The lowest BCUT2D eigenvalue weighted by Crippen LogP contribution is -2.64. The lowest BCUT2D eigenvalue weighted by molar-refractivity contribution is -0.148. The number of piperazine rings is 2. The molecule has 0 bridgehead atoms. The van der Waals surface area contributed by atoms with Gasteiger partial charge in [0.05, 0.1) is 5.41 Å². The summed E-state index contributed by atoms with van der Waals surface area (Å²) in [5.41, 5.74) is 5.03. The molecule has 5 heterocycles. The van der Waals surface area contributed by atoms with Crippen LogP contribution in [-0.4, -0.2) is 63.8 Å². The van der Waals surface area contributed by atoms with E-state index >= 15 is 0 Å². The van der Waals surface area contributed by atoms with E-state index in [1.807, 2.05) is 80.7 Å². The monoisotopic (exact) mass is 630 g/mol. The molecule has 0 aliphatic carbocycles. The zero-order chi connectivity index (χ0) is 32.4. The number of nitrogens with one attached hydrogen (secondary N) is 5. The van der Waals surface area contributed by atoms with Crippen LogP contribution in [0, 0.1) is 5.92 Å². The number of aromatic amines is 1. The molecule has 10 heteroatoms. The molecule has 47 heavy (non-hydrogen) atoms. The summed E-state index contributed by atoms with van der Waals surface area (Å²) in [6.45, 7) is 4.05. The van der Waals surface area contributed by atoms with E-state index in [4.69, 9.17) is 0 Å². The second-order valence-electron chi connectivity index (χ2n) is 13.8. The standard InChI is InChI=1S/C37H38N6O4/c1-20(2)15-27-32(44)40-28(33(45)39-27)17-22-19-38-31-23(22)11-8-13-25(31)37-18-30-34(46)41-29(16-21-9-4-3-5-10-21)35(47)43(30)36(37)42-26-14-7-6-12-24(26)37/h3-14,19-20,27-30,36,38,42H,15-18H2,1-2H3,(H,39,45)(H,40,44)(H,41,46). The molecule has 4 aliphatic heterocycles. The van der Waals surface area contributed by atoms with Crippen molar-refractivity contribution in [2.24, 2.45) is 5.92 Å². The maximum Gasteiger partial charge on any atom is 0.247 e. The highest BCUT2D eigenvalue weighted by molar-refractivity contribution is 6.00. The zero-order valence-electron chi connectivity index (χ0n) is 26.4. The number of rotatable bonds is 7. The van der Waals surface area contributed by atoms with Crippen molar-refractivity contribution >= 4 is 40.2 Å². The first kappa shape index (κ1) is 29.3. The Morgan fingerprint density at radius 3 is 2.26 bits per heavy atom. The van der Waals surface area contributed by atoms with Gasteiger partial charge in [0, 0.05) is 35.6 Å². The number of hydrogen-bond acceptors (Lipinski definition) is 5. The summed E-state index contributed by atoms with van der Waals surface area (Å²) in [4.78, 5) is 59.2. The number of H-pyrrole nitrogens is 1. The second-order valence-corrected chi connectivity index (χ2v) is 13.8. The number of anilines is 1. The average Bonchev–Trinajstić information content (AvgIpc) is 3.72. The van der Waals surface area contributed by atoms with Crippen molar-refractivity contribution in [2.45, 2.75) is 75.3 Å². The quantitative estimate of drug-likeness (QED) is 0.214. The van der Waals surface area contributed by atoms with Crippen molar-refractivity contribution in [1.29, 1.82) is 0 Å². The molecule has 240 valence electrons. The van der Waals surface area contributed by atoms with Crippen molar-refractivity contribution in [3.63, 3.8) is 0 Å². The number of hydrogen-bond donors (Lipinski definition) is 5. The van der Waals surface area contributed by atoms with E-state index in [0.717, 1.165) is 38.8 Å². The van der Waals surface area contributed by atoms with Gasteiger partial charge in [0.15, 0.2) is 0 Å². The Morgan fingerprint density at radius 1 is 0.745 bits per heavy atom. The van der Waals surface area contributed by atoms with E-state index < -0.39 is 35.7 Å². The predicted octanol–water partition coefficient (Wildman–Crippen LogP) is 3.12. The lowest BCUT2D eigenvalue weighted by Gasteiger charge is -2.38. The van der Waals surface area contributed by atoms with Gasteiger partial charge in [-0.15, -0.1) is 0 Å². The van der Waals surface area contributed by atoms with Crippen molar-refractivity contribution in [1.82, 2.24) is 25.8 Å². The Balaban J connectivity index is 1.16. The molecule has 3 fully saturated rings. The largest absolute Gasteiger partial charge is 0.364 e. The Morgan fingerprint density at radius 2 is 1.45 bits per heavy atom. The number of nitrogens with zero attached hydrogens (tertiary/aromatic N) is 1. The summed E-state index contributed by atoms with van der Waals surface area (Å²) in [5, 5.41) is 13.5. The second kappa shape index (κ2) is 11.0. The molecule has 10 nitrogen and oxygen atoms in total. The number of para-hydroxylation sites is 2. The minimum absolute atomic E-state index is 0.0974. The van der Waals surface area contributed by atoms with Crippen LogP contribution in [0.3, 0.4) is 0 Å². The van der Waals surface area contributed by atoms with Crippen molar-refractivity contribution in [2.75, 3.05) is 5.32 Å². The molecule has 0 saturated carbocycles. The van der Waals surface area contributed by atoms with Gasteiger partial charge >= 0.3 is 0 Å². The van der Waals surface area contributed by atoms with Gasteiger partial charge in [-0.05, 0) is 47.1 Å². The third-order valence-corrected chi connectivity index (χ3v) is 10.4. The highest BCUT2D eigenvalue weighted by Gasteiger charge is 2.64. The number of benzene rings is 3. The summed E-state index contributed by atoms with van der Waals surface area (Å²) in [6.07, 6.45) is 3.19. The van der Waals surface area contributed by atoms with Crippen LogP contribution < -0.4 is 21.3 Å². The van der Waals surface area contributed by atoms with E-state index in [-0.39, 0.29) is 29.5 Å². The van der Waals surface area contributed by atoms with Gasteiger partial charge in [-0.3, -0.25) is 19.2 Å². The van der Waals surface area contributed by atoms with E-state index in [1.54, 1.807) is 4.90 Å². The molecule has 1 aromatic heterocycles. The van der Waals surface area contributed by atoms with Crippen LogP contribution in [0.25, 0.3) is 10.9 Å². The molecule has 6 atom stereocenters. The van der Waals surface area contributed by atoms with Gasteiger partial charge in [-0.1, -0.05) is 80.6 Å². The molecule has 6 unspecified atom stereocenters. The van der Waals surface area contributed by atoms with Crippen LogP contribution in [-0.2, 0) is 37.4 Å². The minimum atomic E-state index is -0.710. The fraction of sp³-hybridized carbons (Fsp3) is 0.351. The molecule has 3 saturated heterocycles. The first-order valence-corrected chi connectivity index (χ1v) is 16.5. The molecule has 0 spiro atoms. The summed E-state index contributed by atoms with van der Waals surface area (Å²) in [6, 6.07) is 21.4. The van der Waals surface area contributed by atoms with Crippen LogP contribution in [0.2, 0.25) is 0 Å². The van der Waals surface area contributed by atoms with Gasteiger partial charge in [-0.2, -0.15) is 0 Å². The first-order chi connectivity index (χ1) is 22.7. The van der Waals surface area contributed by atoms with Crippen molar-refractivity contribution in [3.05, 3.63) is 101 Å². The SMILES string of the molecule is CC(C)CC1NC(=O)C(Cc2c[nH]c3c(C45CC6C(=O)NC(Cc7ccccc7)C(=O)N6C4Nc4ccccc45)cccc23)NC1=O. The van der Waals surface area contributed by atoms with E-state index in [9.17, 15) is 19.2 Å². The first-order valence-electron chi connectivity index (χ1n) is 16.5. The lowest BCUT2D eigenvalue weighted by atomic mass is 9.71. The highest BCUT2D eigenvalue weighted by Crippen LogP contribution is 2.56. The maximum atomic E-state index is 14.2. The van der Waals surface area contributed by atoms with Crippen LogP contribution >= 0.6 is 0 Å². The molecule has 4 aromatic rings. The van der Waals surface area contributed by atoms with Crippen LogP contribution in [0.5, 0.6) is 0 Å². The molecule has 8 rings (SSSR count). The average molecular weight is 631 g/mol. The van der Waals surface area contributed by atoms with Crippen molar-refractivity contribution < 1.29 is 19.2 Å². The Bertz CT molecular complexity index is 1920. The van der Waals surface area contributed by atoms with Gasteiger partial charge in [-0.25, -0.2) is 0 Å². The van der Waals surface area contributed by atoms with Gasteiger partial charge in [0.2, 0.25) is 23.6 Å². The predicted molar refractivity (Wildman–Crippen MR) is 177 cm³/mol. The molecule has 0 radical (unpaired) electrons. The molecule has 5 N–H and O–H groups in total. The van der Waals surface area contributed by atoms with Crippen LogP contribution in [0.15, 0.2) is 79.0 Å².